The number of aromatic nitrogens is 1. The van der Waals surface area contributed by atoms with E-state index < -0.39 is 5.60 Å². The van der Waals surface area contributed by atoms with E-state index in [0.717, 1.165) is 12.8 Å². The fourth-order valence-electron chi connectivity index (χ4n) is 2.93. The van der Waals surface area contributed by atoms with Crippen LogP contribution in [-0.2, 0) is 10.3 Å². The van der Waals surface area contributed by atoms with E-state index in [0.29, 0.717) is 24.2 Å². The topological polar surface area (TPSA) is 42.4 Å². The van der Waals surface area contributed by atoms with Crippen LogP contribution >= 0.6 is 0 Å². The van der Waals surface area contributed by atoms with Crippen LogP contribution in [0.2, 0.25) is 0 Å². The van der Waals surface area contributed by atoms with Crippen molar-refractivity contribution in [3.8, 4) is 0 Å². The molecule has 0 aromatic carbocycles. The van der Waals surface area contributed by atoms with Crippen molar-refractivity contribution in [2.24, 2.45) is 0 Å². The average Bonchev–Trinajstić information content (AvgIpc) is 2.62. The van der Waals surface area contributed by atoms with Crippen molar-refractivity contribution in [1.29, 1.82) is 0 Å². The smallest absolute Gasteiger partial charge is 0.144 e. The summed E-state index contributed by atoms with van der Waals surface area (Å²) >= 11 is 0. The summed E-state index contributed by atoms with van der Waals surface area (Å²) in [6.45, 7) is 1.62. The van der Waals surface area contributed by atoms with E-state index in [4.69, 9.17) is 4.74 Å². The molecule has 2 unspecified atom stereocenters. The van der Waals surface area contributed by atoms with E-state index in [2.05, 4.69) is 4.98 Å². The van der Waals surface area contributed by atoms with Gasteiger partial charge < -0.3 is 9.84 Å². The lowest BCUT2D eigenvalue weighted by molar-refractivity contribution is -0.117. The molecule has 2 aliphatic rings. The summed E-state index contributed by atoms with van der Waals surface area (Å²) in [7, 11) is 0. The van der Waals surface area contributed by atoms with Crippen molar-refractivity contribution >= 4 is 0 Å². The lowest BCUT2D eigenvalue weighted by Gasteiger charge is -2.36. The molecule has 2 saturated heterocycles. The van der Waals surface area contributed by atoms with Gasteiger partial charge in [-0.1, -0.05) is 0 Å². The lowest BCUT2D eigenvalue weighted by atomic mass is 9.86. The van der Waals surface area contributed by atoms with E-state index in [-0.39, 0.29) is 18.0 Å². The number of halogens is 1. The monoisotopic (exact) mass is 237 g/mol. The van der Waals surface area contributed by atoms with Gasteiger partial charge in [-0.2, -0.15) is 0 Å². The molecule has 3 rings (SSSR count). The standard InChI is InChI=1S/C13H16FNO2/c1-8-11(14)4-5-12(15-8)13(16)6-9-2-3-10(7-13)17-9/h4-5,9-10,16H,2-3,6-7H2,1H3. The Labute approximate surface area is 99.6 Å². The fraction of sp³-hybridized carbons (Fsp3) is 0.615. The number of aliphatic hydroxyl groups is 1. The van der Waals surface area contributed by atoms with Gasteiger partial charge in [0.1, 0.15) is 11.4 Å². The Morgan fingerprint density at radius 3 is 2.59 bits per heavy atom. The number of rotatable bonds is 1. The molecule has 2 atom stereocenters. The highest BCUT2D eigenvalue weighted by molar-refractivity contribution is 5.20. The number of nitrogens with zero attached hydrogens (tertiary/aromatic N) is 1. The van der Waals surface area contributed by atoms with Crippen LogP contribution in [0.15, 0.2) is 12.1 Å². The van der Waals surface area contributed by atoms with Crippen molar-refractivity contribution < 1.29 is 14.2 Å². The Bertz CT molecular complexity index is 437. The molecule has 1 N–H and O–H groups in total. The van der Waals surface area contributed by atoms with E-state index in [1.54, 1.807) is 13.0 Å². The van der Waals surface area contributed by atoms with Crippen molar-refractivity contribution in [3.63, 3.8) is 0 Å². The van der Waals surface area contributed by atoms with E-state index in [1.807, 2.05) is 0 Å². The summed E-state index contributed by atoms with van der Waals surface area (Å²) in [6, 6.07) is 2.97. The van der Waals surface area contributed by atoms with Gasteiger partial charge in [-0.05, 0) is 31.9 Å². The SMILES string of the molecule is Cc1nc(C2(O)CC3CCC(C2)O3)ccc1F. The molecule has 3 nitrogen and oxygen atoms in total. The van der Waals surface area contributed by atoms with Crippen molar-refractivity contribution in [2.75, 3.05) is 0 Å². The van der Waals surface area contributed by atoms with Gasteiger partial charge in [0.2, 0.25) is 0 Å². The minimum atomic E-state index is -0.942. The van der Waals surface area contributed by atoms with Crippen LogP contribution in [-0.4, -0.2) is 22.3 Å². The molecular weight excluding hydrogens is 221 g/mol. The van der Waals surface area contributed by atoms with Crippen molar-refractivity contribution in [2.45, 2.75) is 50.4 Å². The zero-order chi connectivity index (χ0) is 12.0. The second-order valence-corrected chi connectivity index (χ2v) is 5.16. The normalized spacial score (nSPS) is 36.2. The Kier molecular flexibility index (Phi) is 2.45. The summed E-state index contributed by atoms with van der Waals surface area (Å²) in [6.07, 6.45) is 3.42. The van der Waals surface area contributed by atoms with E-state index >= 15 is 0 Å². The van der Waals surface area contributed by atoms with Gasteiger partial charge >= 0.3 is 0 Å². The maximum atomic E-state index is 13.2. The summed E-state index contributed by atoms with van der Waals surface area (Å²) in [5.74, 6) is -0.326. The van der Waals surface area contributed by atoms with Gasteiger partial charge in [0, 0.05) is 12.8 Å². The molecule has 0 spiro atoms. The Morgan fingerprint density at radius 2 is 2.00 bits per heavy atom. The van der Waals surface area contributed by atoms with Crippen LogP contribution in [0.4, 0.5) is 4.39 Å². The predicted octanol–water partition coefficient (Wildman–Crippen LogP) is 2.06. The highest BCUT2D eigenvalue weighted by Gasteiger charge is 2.45. The number of fused-ring (bicyclic) bond motifs is 2. The van der Waals surface area contributed by atoms with Crippen LogP contribution in [0.25, 0.3) is 0 Å². The van der Waals surface area contributed by atoms with Crippen LogP contribution < -0.4 is 0 Å². The van der Waals surface area contributed by atoms with Crippen LogP contribution in [0.5, 0.6) is 0 Å². The lowest BCUT2D eigenvalue weighted by Crippen LogP contribution is -2.39. The van der Waals surface area contributed by atoms with Crippen molar-refractivity contribution in [3.05, 3.63) is 29.3 Å². The molecule has 4 heteroatoms. The predicted molar refractivity (Wildman–Crippen MR) is 60.0 cm³/mol. The highest BCUT2D eigenvalue weighted by Crippen LogP contribution is 2.43. The zero-order valence-electron chi connectivity index (χ0n) is 9.82. The first kappa shape index (κ1) is 11.1. The molecule has 17 heavy (non-hydrogen) atoms. The van der Waals surface area contributed by atoms with Gasteiger partial charge in [-0.25, -0.2) is 4.39 Å². The molecule has 0 amide bonds. The number of ether oxygens (including phenoxy) is 1. The summed E-state index contributed by atoms with van der Waals surface area (Å²) < 4.78 is 18.9. The third-order valence-electron chi connectivity index (χ3n) is 3.82. The summed E-state index contributed by atoms with van der Waals surface area (Å²) in [5.41, 5.74) is -0.0194. The van der Waals surface area contributed by atoms with Crippen LogP contribution in [0.3, 0.4) is 0 Å². The van der Waals surface area contributed by atoms with E-state index in [1.165, 1.54) is 6.07 Å². The molecule has 0 radical (unpaired) electrons. The Hall–Kier alpha value is -1.00. The molecule has 2 fully saturated rings. The largest absolute Gasteiger partial charge is 0.383 e. The van der Waals surface area contributed by atoms with Crippen molar-refractivity contribution in [1.82, 2.24) is 4.98 Å². The average molecular weight is 237 g/mol. The first-order valence-corrected chi connectivity index (χ1v) is 6.08. The second kappa shape index (κ2) is 3.75. The second-order valence-electron chi connectivity index (χ2n) is 5.16. The maximum absolute atomic E-state index is 13.2. The van der Waals surface area contributed by atoms with Crippen LogP contribution in [0, 0.1) is 12.7 Å². The number of hydrogen-bond donors (Lipinski definition) is 1. The Balaban J connectivity index is 1.94. The molecule has 0 saturated carbocycles. The van der Waals surface area contributed by atoms with E-state index in [9.17, 15) is 9.50 Å². The molecule has 1 aromatic rings. The van der Waals surface area contributed by atoms with Gasteiger partial charge in [-0.15, -0.1) is 0 Å². The molecule has 2 aliphatic heterocycles. The van der Waals surface area contributed by atoms with Gasteiger partial charge in [0.25, 0.3) is 0 Å². The maximum Gasteiger partial charge on any atom is 0.144 e. The van der Waals surface area contributed by atoms with Gasteiger partial charge in [0.15, 0.2) is 0 Å². The van der Waals surface area contributed by atoms with Gasteiger partial charge in [0.05, 0.1) is 23.6 Å². The molecule has 1 aromatic heterocycles. The molecule has 92 valence electrons. The minimum absolute atomic E-state index is 0.130. The third kappa shape index (κ3) is 1.85. The number of pyridine rings is 1. The Morgan fingerprint density at radius 1 is 1.35 bits per heavy atom. The van der Waals surface area contributed by atoms with Crippen LogP contribution in [0.1, 0.15) is 37.1 Å². The molecule has 3 heterocycles. The quantitative estimate of drug-likeness (QED) is 0.813. The minimum Gasteiger partial charge on any atom is -0.383 e. The summed E-state index contributed by atoms with van der Waals surface area (Å²) in [5, 5.41) is 10.7. The molecule has 0 aliphatic carbocycles. The first-order chi connectivity index (χ1) is 8.07. The molecule has 2 bridgehead atoms. The zero-order valence-corrected chi connectivity index (χ0v) is 9.82. The number of aryl methyl sites for hydroxylation is 1. The van der Waals surface area contributed by atoms with Gasteiger partial charge in [-0.3, -0.25) is 4.98 Å². The fourth-order valence-corrected chi connectivity index (χ4v) is 2.93. The number of hydrogen-bond acceptors (Lipinski definition) is 3. The third-order valence-corrected chi connectivity index (χ3v) is 3.82. The first-order valence-electron chi connectivity index (χ1n) is 6.08. The molecular formula is C13H16FNO2. The summed E-state index contributed by atoms with van der Waals surface area (Å²) in [4.78, 5) is 4.18. The highest BCUT2D eigenvalue weighted by atomic mass is 19.1.